The number of nitrogens with one attached hydrogen (secondary N) is 1. The molecule has 0 aromatic carbocycles. The van der Waals surface area contributed by atoms with Crippen molar-refractivity contribution in [1.82, 2.24) is 5.32 Å². The summed E-state index contributed by atoms with van der Waals surface area (Å²) in [5.41, 5.74) is 5.66. The van der Waals surface area contributed by atoms with Crippen molar-refractivity contribution in [2.75, 3.05) is 7.11 Å². The molecule has 1 aliphatic carbocycles. The van der Waals surface area contributed by atoms with Crippen LogP contribution in [0.1, 0.15) is 33.6 Å². The minimum atomic E-state index is -0.445. The third-order valence-corrected chi connectivity index (χ3v) is 2.99. The van der Waals surface area contributed by atoms with Gasteiger partial charge in [0, 0.05) is 13.2 Å². The molecule has 0 heterocycles. The molecule has 1 amide bonds. The third-order valence-electron chi connectivity index (χ3n) is 2.99. The average Bonchev–Trinajstić information content (AvgIpc) is 2.07. The molecular weight excluding hydrogens is 192 g/mol. The molecule has 1 rings (SSSR count). The van der Waals surface area contributed by atoms with E-state index >= 15 is 0 Å². The number of carbonyl (C=O) groups is 1. The van der Waals surface area contributed by atoms with Gasteiger partial charge in [0.15, 0.2) is 0 Å². The van der Waals surface area contributed by atoms with Gasteiger partial charge in [0.05, 0.1) is 12.1 Å². The highest BCUT2D eigenvalue weighted by Gasteiger charge is 2.34. The highest BCUT2D eigenvalue weighted by Crippen LogP contribution is 2.23. The highest BCUT2D eigenvalue weighted by atomic mass is 16.5. The van der Waals surface area contributed by atoms with Gasteiger partial charge in [-0.05, 0) is 18.3 Å². The van der Waals surface area contributed by atoms with Crippen molar-refractivity contribution >= 4 is 5.91 Å². The lowest BCUT2D eigenvalue weighted by molar-refractivity contribution is -0.126. The van der Waals surface area contributed by atoms with Gasteiger partial charge in [-0.1, -0.05) is 20.8 Å². The van der Waals surface area contributed by atoms with Crippen molar-refractivity contribution < 1.29 is 9.53 Å². The Hall–Kier alpha value is -0.610. The first-order valence-electron chi connectivity index (χ1n) is 5.43. The van der Waals surface area contributed by atoms with Gasteiger partial charge in [-0.25, -0.2) is 0 Å². The summed E-state index contributed by atoms with van der Waals surface area (Å²) in [6.07, 6.45) is 2.11. The van der Waals surface area contributed by atoms with Crippen molar-refractivity contribution in [3.05, 3.63) is 0 Å². The summed E-state index contributed by atoms with van der Waals surface area (Å²) in [6.45, 7) is 5.90. The van der Waals surface area contributed by atoms with Crippen LogP contribution < -0.4 is 11.1 Å². The Kier molecular flexibility index (Phi) is 3.73. The van der Waals surface area contributed by atoms with Crippen LogP contribution in [0.5, 0.6) is 0 Å². The lowest BCUT2D eigenvalue weighted by atomic mass is 9.85. The lowest BCUT2D eigenvalue weighted by Gasteiger charge is -2.36. The molecule has 0 radical (unpaired) electrons. The second-order valence-electron chi connectivity index (χ2n) is 5.38. The molecule has 88 valence electrons. The summed E-state index contributed by atoms with van der Waals surface area (Å²) >= 11 is 0. The number of ether oxygens (including phenoxy) is 1. The molecule has 3 N–H and O–H groups in total. The van der Waals surface area contributed by atoms with E-state index in [1.165, 1.54) is 0 Å². The van der Waals surface area contributed by atoms with Crippen LogP contribution in [0.2, 0.25) is 0 Å². The first kappa shape index (κ1) is 12.5. The summed E-state index contributed by atoms with van der Waals surface area (Å²) < 4.78 is 5.14. The predicted molar refractivity (Wildman–Crippen MR) is 59.4 cm³/mol. The average molecular weight is 214 g/mol. The first-order chi connectivity index (χ1) is 6.84. The number of rotatable bonds is 3. The highest BCUT2D eigenvalue weighted by molar-refractivity contribution is 5.82. The van der Waals surface area contributed by atoms with Gasteiger partial charge in [0.2, 0.25) is 5.91 Å². The number of hydrogen-bond acceptors (Lipinski definition) is 3. The van der Waals surface area contributed by atoms with Crippen molar-refractivity contribution in [1.29, 1.82) is 0 Å². The number of methoxy groups -OCH3 is 1. The Morgan fingerprint density at radius 2 is 2.00 bits per heavy atom. The lowest BCUT2D eigenvalue weighted by Crippen LogP contribution is -2.55. The van der Waals surface area contributed by atoms with Crippen LogP contribution in [0.15, 0.2) is 0 Å². The molecule has 4 heteroatoms. The predicted octanol–water partition coefficient (Wildman–Crippen LogP) is 0.653. The van der Waals surface area contributed by atoms with Crippen LogP contribution in [-0.2, 0) is 9.53 Å². The fraction of sp³-hybridized carbons (Fsp3) is 0.909. The van der Waals surface area contributed by atoms with Crippen molar-refractivity contribution in [3.8, 4) is 0 Å². The van der Waals surface area contributed by atoms with Crippen molar-refractivity contribution in [2.45, 2.75) is 51.8 Å². The zero-order valence-electron chi connectivity index (χ0n) is 10.0. The maximum atomic E-state index is 11.7. The van der Waals surface area contributed by atoms with Gasteiger partial charge in [-0.15, -0.1) is 0 Å². The molecular formula is C11H22N2O2. The molecule has 1 saturated carbocycles. The molecule has 0 aliphatic heterocycles. The van der Waals surface area contributed by atoms with E-state index in [4.69, 9.17) is 10.5 Å². The molecule has 1 atom stereocenters. The standard InChI is InChI=1S/C11H22N2O2/c1-11(2,3)9(12)10(14)13-7-5-8(6-7)15-4/h7-9H,5-6,12H2,1-4H3,(H,13,14)/t7?,8?,9-/m1/s1. The monoisotopic (exact) mass is 214 g/mol. The van der Waals surface area contributed by atoms with Crippen molar-refractivity contribution in [3.63, 3.8) is 0 Å². The van der Waals surface area contributed by atoms with E-state index in [9.17, 15) is 4.79 Å². The van der Waals surface area contributed by atoms with E-state index in [0.29, 0.717) is 6.10 Å². The molecule has 1 fully saturated rings. The van der Waals surface area contributed by atoms with Gasteiger partial charge in [-0.2, -0.15) is 0 Å². The molecule has 15 heavy (non-hydrogen) atoms. The number of nitrogens with two attached hydrogens (primary N) is 1. The Labute approximate surface area is 91.5 Å². The summed E-state index contributed by atoms with van der Waals surface area (Å²) in [7, 11) is 1.70. The molecule has 0 unspecified atom stereocenters. The van der Waals surface area contributed by atoms with E-state index in [1.807, 2.05) is 20.8 Å². The number of amides is 1. The quantitative estimate of drug-likeness (QED) is 0.725. The van der Waals surface area contributed by atoms with Crippen LogP contribution >= 0.6 is 0 Å². The molecule has 0 aromatic rings. The smallest absolute Gasteiger partial charge is 0.237 e. The van der Waals surface area contributed by atoms with Gasteiger partial charge >= 0.3 is 0 Å². The number of carbonyl (C=O) groups excluding carboxylic acids is 1. The van der Waals surface area contributed by atoms with E-state index in [0.717, 1.165) is 12.8 Å². The van der Waals surface area contributed by atoms with Crippen LogP contribution in [0.25, 0.3) is 0 Å². The second-order valence-corrected chi connectivity index (χ2v) is 5.38. The fourth-order valence-electron chi connectivity index (χ4n) is 1.56. The van der Waals surface area contributed by atoms with Gasteiger partial charge in [0.1, 0.15) is 0 Å². The maximum Gasteiger partial charge on any atom is 0.237 e. The minimum Gasteiger partial charge on any atom is -0.381 e. The minimum absolute atomic E-state index is 0.0537. The molecule has 1 aliphatic rings. The summed E-state index contributed by atoms with van der Waals surface area (Å²) in [5, 5.41) is 2.94. The van der Waals surface area contributed by atoms with E-state index in [2.05, 4.69) is 5.32 Å². The van der Waals surface area contributed by atoms with E-state index in [-0.39, 0.29) is 17.4 Å². The Balaban J connectivity index is 2.31. The Morgan fingerprint density at radius 1 is 1.47 bits per heavy atom. The maximum absolute atomic E-state index is 11.7. The molecule has 0 spiro atoms. The molecule has 4 nitrogen and oxygen atoms in total. The number of hydrogen-bond donors (Lipinski definition) is 2. The molecule has 0 bridgehead atoms. The normalized spacial score (nSPS) is 28.1. The van der Waals surface area contributed by atoms with E-state index < -0.39 is 6.04 Å². The van der Waals surface area contributed by atoms with Gasteiger partial charge in [-0.3, -0.25) is 4.79 Å². The first-order valence-corrected chi connectivity index (χ1v) is 5.43. The molecule has 0 saturated heterocycles. The SMILES string of the molecule is COC1CC(NC(=O)[C@@H](N)C(C)(C)C)C1. The largest absolute Gasteiger partial charge is 0.381 e. The zero-order valence-corrected chi connectivity index (χ0v) is 10.0. The summed E-state index contributed by atoms with van der Waals surface area (Å²) in [4.78, 5) is 11.7. The zero-order chi connectivity index (χ0) is 11.6. The van der Waals surface area contributed by atoms with Gasteiger partial charge in [0.25, 0.3) is 0 Å². The second kappa shape index (κ2) is 4.49. The van der Waals surface area contributed by atoms with Crippen LogP contribution in [-0.4, -0.2) is 31.2 Å². The summed E-state index contributed by atoms with van der Waals surface area (Å²) in [5.74, 6) is -0.0537. The fourth-order valence-corrected chi connectivity index (χ4v) is 1.56. The Morgan fingerprint density at radius 3 is 2.40 bits per heavy atom. The van der Waals surface area contributed by atoms with Crippen LogP contribution in [0.4, 0.5) is 0 Å². The topological polar surface area (TPSA) is 64.3 Å². The van der Waals surface area contributed by atoms with Crippen molar-refractivity contribution in [2.24, 2.45) is 11.1 Å². The summed E-state index contributed by atoms with van der Waals surface area (Å²) in [6, 6.07) is -0.199. The Bertz CT molecular complexity index is 229. The third kappa shape index (κ3) is 3.18. The van der Waals surface area contributed by atoms with Crippen LogP contribution in [0.3, 0.4) is 0 Å². The molecule has 0 aromatic heterocycles. The van der Waals surface area contributed by atoms with Gasteiger partial charge < -0.3 is 15.8 Å². The van der Waals surface area contributed by atoms with E-state index in [1.54, 1.807) is 7.11 Å². The van der Waals surface area contributed by atoms with Crippen LogP contribution in [0, 0.1) is 5.41 Å².